The van der Waals surface area contributed by atoms with Gasteiger partial charge in [-0.15, -0.1) is 0 Å². The van der Waals surface area contributed by atoms with Crippen molar-refractivity contribution in [2.24, 2.45) is 17.3 Å². The largest absolute Gasteiger partial charge is 0.393 e. The highest BCUT2D eigenvalue weighted by atomic mass is 16.3. The van der Waals surface area contributed by atoms with Gasteiger partial charge in [-0.2, -0.15) is 0 Å². The van der Waals surface area contributed by atoms with Gasteiger partial charge in [0.05, 0.1) is 6.10 Å². The van der Waals surface area contributed by atoms with Crippen LogP contribution in [0.2, 0.25) is 0 Å². The number of likely N-dealkylation sites (tertiary alicyclic amines) is 1. The van der Waals surface area contributed by atoms with Crippen molar-refractivity contribution in [3.8, 4) is 0 Å². The van der Waals surface area contributed by atoms with Gasteiger partial charge < -0.3 is 10.0 Å². The Kier molecular flexibility index (Phi) is 5.92. The predicted molar refractivity (Wildman–Crippen MR) is 85.8 cm³/mol. The summed E-state index contributed by atoms with van der Waals surface area (Å²) in [5, 5.41) is 10.3. The van der Waals surface area contributed by atoms with Crippen molar-refractivity contribution in [2.75, 3.05) is 19.6 Å². The summed E-state index contributed by atoms with van der Waals surface area (Å²) in [6, 6.07) is 0. The molecule has 2 fully saturated rings. The molecule has 0 aromatic carbocycles. The quantitative estimate of drug-likeness (QED) is 0.839. The molecule has 1 saturated heterocycles. The standard InChI is InChI=1S/C18H35NO/c1-4-6-15-7-5-11-19(12-9-15)14-16-13-18(2,3)10-8-17(16)20/h15-17,20H,4-14H2,1-3H3. The second kappa shape index (κ2) is 7.26. The molecule has 0 spiro atoms. The minimum absolute atomic E-state index is 0.0577. The van der Waals surface area contributed by atoms with Crippen molar-refractivity contribution in [2.45, 2.75) is 78.2 Å². The summed E-state index contributed by atoms with van der Waals surface area (Å²) in [4.78, 5) is 2.64. The van der Waals surface area contributed by atoms with Gasteiger partial charge in [0.1, 0.15) is 0 Å². The molecule has 3 unspecified atom stereocenters. The van der Waals surface area contributed by atoms with Crippen molar-refractivity contribution in [1.29, 1.82) is 0 Å². The zero-order chi connectivity index (χ0) is 14.6. The summed E-state index contributed by atoms with van der Waals surface area (Å²) < 4.78 is 0. The Bertz CT molecular complexity index is 289. The maximum atomic E-state index is 10.3. The summed E-state index contributed by atoms with van der Waals surface area (Å²) in [6.45, 7) is 10.7. The number of aliphatic hydroxyl groups is 1. The third kappa shape index (κ3) is 4.73. The first-order valence-corrected chi connectivity index (χ1v) is 8.90. The fourth-order valence-corrected chi connectivity index (χ4v) is 4.34. The minimum atomic E-state index is -0.0577. The molecular weight excluding hydrogens is 246 g/mol. The van der Waals surface area contributed by atoms with Crippen LogP contribution in [0, 0.1) is 17.3 Å². The Balaban J connectivity index is 1.83. The fraction of sp³-hybridized carbons (Fsp3) is 1.00. The molecule has 0 aromatic rings. The van der Waals surface area contributed by atoms with E-state index in [9.17, 15) is 5.11 Å². The lowest BCUT2D eigenvalue weighted by atomic mass is 9.70. The van der Waals surface area contributed by atoms with Crippen LogP contribution < -0.4 is 0 Å². The van der Waals surface area contributed by atoms with Crippen molar-refractivity contribution < 1.29 is 5.11 Å². The molecule has 1 heterocycles. The lowest BCUT2D eigenvalue weighted by molar-refractivity contribution is 0.00453. The van der Waals surface area contributed by atoms with E-state index >= 15 is 0 Å². The second-order valence-electron chi connectivity index (χ2n) is 8.12. The predicted octanol–water partition coefficient (Wildman–Crippen LogP) is 4.08. The highest BCUT2D eigenvalue weighted by Gasteiger charge is 2.34. The Morgan fingerprint density at radius 2 is 1.95 bits per heavy atom. The molecule has 2 aliphatic rings. The maximum Gasteiger partial charge on any atom is 0.0581 e. The zero-order valence-electron chi connectivity index (χ0n) is 13.9. The Labute approximate surface area is 125 Å². The van der Waals surface area contributed by atoms with E-state index in [1.54, 1.807) is 0 Å². The van der Waals surface area contributed by atoms with Crippen LogP contribution in [0.3, 0.4) is 0 Å². The van der Waals surface area contributed by atoms with E-state index in [1.807, 2.05) is 0 Å². The van der Waals surface area contributed by atoms with E-state index in [2.05, 4.69) is 25.7 Å². The van der Waals surface area contributed by atoms with Gasteiger partial charge in [0.2, 0.25) is 0 Å². The first kappa shape index (κ1) is 16.3. The Morgan fingerprint density at radius 3 is 2.70 bits per heavy atom. The van der Waals surface area contributed by atoms with Gasteiger partial charge in [0.15, 0.2) is 0 Å². The molecule has 3 atom stereocenters. The van der Waals surface area contributed by atoms with Crippen LogP contribution >= 0.6 is 0 Å². The third-order valence-electron chi connectivity index (χ3n) is 5.61. The molecular formula is C18H35NO. The van der Waals surface area contributed by atoms with Gasteiger partial charge in [0.25, 0.3) is 0 Å². The van der Waals surface area contributed by atoms with Gasteiger partial charge in [-0.25, -0.2) is 0 Å². The van der Waals surface area contributed by atoms with Crippen molar-refractivity contribution in [3.05, 3.63) is 0 Å². The van der Waals surface area contributed by atoms with Crippen LogP contribution in [0.15, 0.2) is 0 Å². The molecule has 0 radical (unpaired) electrons. The summed E-state index contributed by atoms with van der Waals surface area (Å²) in [5.74, 6) is 1.46. The highest BCUT2D eigenvalue weighted by molar-refractivity contribution is 4.87. The Hall–Kier alpha value is -0.0800. The van der Waals surface area contributed by atoms with Crippen molar-refractivity contribution >= 4 is 0 Å². The lowest BCUT2D eigenvalue weighted by Crippen LogP contribution is -2.41. The van der Waals surface area contributed by atoms with E-state index < -0.39 is 0 Å². The van der Waals surface area contributed by atoms with Gasteiger partial charge in [0, 0.05) is 6.54 Å². The van der Waals surface area contributed by atoms with Crippen molar-refractivity contribution in [1.82, 2.24) is 4.90 Å². The molecule has 0 amide bonds. The van der Waals surface area contributed by atoms with Gasteiger partial charge in [-0.1, -0.05) is 33.6 Å². The highest BCUT2D eigenvalue weighted by Crippen LogP contribution is 2.39. The van der Waals surface area contributed by atoms with E-state index in [1.165, 1.54) is 58.0 Å². The second-order valence-corrected chi connectivity index (χ2v) is 8.12. The molecule has 1 N–H and O–H groups in total. The smallest absolute Gasteiger partial charge is 0.0581 e. The lowest BCUT2D eigenvalue weighted by Gasteiger charge is -2.40. The SMILES string of the molecule is CCCC1CCCN(CC2CC(C)(C)CCC2O)CC1. The summed E-state index contributed by atoms with van der Waals surface area (Å²) in [7, 11) is 0. The van der Waals surface area contributed by atoms with Crippen LogP contribution in [-0.2, 0) is 0 Å². The molecule has 0 aromatic heterocycles. The molecule has 2 rings (SSSR count). The molecule has 1 aliphatic carbocycles. The monoisotopic (exact) mass is 281 g/mol. The molecule has 1 saturated carbocycles. The summed E-state index contributed by atoms with van der Waals surface area (Å²) >= 11 is 0. The molecule has 118 valence electrons. The molecule has 2 nitrogen and oxygen atoms in total. The first-order chi connectivity index (χ1) is 9.50. The van der Waals surface area contributed by atoms with Crippen LogP contribution in [0.25, 0.3) is 0 Å². The van der Waals surface area contributed by atoms with Crippen LogP contribution in [0.4, 0.5) is 0 Å². The average molecular weight is 281 g/mol. The van der Waals surface area contributed by atoms with E-state index in [0.717, 1.165) is 18.9 Å². The van der Waals surface area contributed by atoms with Gasteiger partial charge >= 0.3 is 0 Å². The average Bonchev–Trinajstić information content (AvgIpc) is 2.60. The summed E-state index contributed by atoms with van der Waals surface area (Å²) in [6.07, 6.45) is 10.2. The number of hydrogen-bond donors (Lipinski definition) is 1. The zero-order valence-corrected chi connectivity index (χ0v) is 13.9. The van der Waals surface area contributed by atoms with E-state index in [0.29, 0.717) is 11.3 Å². The van der Waals surface area contributed by atoms with E-state index in [-0.39, 0.29) is 6.10 Å². The van der Waals surface area contributed by atoms with Crippen LogP contribution in [0.1, 0.15) is 72.1 Å². The van der Waals surface area contributed by atoms with Gasteiger partial charge in [-0.3, -0.25) is 0 Å². The number of aliphatic hydroxyl groups excluding tert-OH is 1. The van der Waals surface area contributed by atoms with Crippen LogP contribution in [0.5, 0.6) is 0 Å². The van der Waals surface area contributed by atoms with E-state index in [4.69, 9.17) is 0 Å². The van der Waals surface area contributed by atoms with Crippen molar-refractivity contribution in [3.63, 3.8) is 0 Å². The Morgan fingerprint density at radius 1 is 1.15 bits per heavy atom. The molecule has 1 aliphatic heterocycles. The number of hydrogen-bond acceptors (Lipinski definition) is 2. The molecule has 2 heteroatoms. The number of rotatable bonds is 4. The summed E-state index contributed by atoms with van der Waals surface area (Å²) in [5.41, 5.74) is 0.431. The third-order valence-corrected chi connectivity index (χ3v) is 5.61. The minimum Gasteiger partial charge on any atom is -0.393 e. The maximum absolute atomic E-state index is 10.3. The topological polar surface area (TPSA) is 23.5 Å². The number of nitrogens with zero attached hydrogens (tertiary/aromatic N) is 1. The first-order valence-electron chi connectivity index (χ1n) is 8.90. The molecule has 0 bridgehead atoms. The van der Waals surface area contributed by atoms with Gasteiger partial charge in [-0.05, 0) is 68.9 Å². The van der Waals surface area contributed by atoms with Crippen LogP contribution in [-0.4, -0.2) is 35.7 Å². The fourth-order valence-electron chi connectivity index (χ4n) is 4.34. The molecule has 20 heavy (non-hydrogen) atoms. The normalized spacial score (nSPS) is 35.7.